The smallest absolute Gasteiger partial charge is 0.222 e. The molecule has 2 fully saturated rings. The first-order chi connectivity index (χ1) is 9.81. The van der Waals surface area contributed by atoms with Crippen LogP contribution in [0.3, 0.4) is 0 Å². The Morgan fingerprint density at radius 1 is 1.25 bits per heavy atom. The number of carbonyl (C=O) groups is 1. The Kier molecular flexibility index (Phi) is 4.19. The maximum Gasteiger partial charge on any atom is 0.222 e. The summed E-state index contributed by atoms with van der Waals surface area (Å²) in [6, 6.07) is 3.70. The van der Waals surface area contributed by atoms with Crippen molar-refractivity contribution >= 4 is 5.91 Å². The van der Waals surface area contributed by atoms with Crippen LogP contribution in [0.1, 0.15) is 38.5 Å². The van der Waals surface area contributed by atoms with Gasteiger partial charge in [0.2, 0.25) is 5.91 Å². The molecule has 3 rings (SSSR count). The molecule has 4 nitrogen and oxygen atoms in total. The van der Waals surface area contributed by atoms with E-state index < -0.39 is 0 Å². The van der Waals surface area contributed by atoms with Gasteiger partial charge in [0.05, 0.1) is 13.1 Å². The second-order valence-corrected chi connectivity index (χ2v) is 5.91. The van der Waals surface area contributed by atoms with E-state index in [4.69, 9.17) is 4.74 Å². The molecule has 0 N–H and O–H groups in total. The summed E-state index contributed by atoms with van der Waals surface area (Å²) in [7, 11) is 0. The van der Waals surface area contributed by atoms with Gasteiger partial charge in [0.25, 0.3) is 0 Å². The quantitative estimate of drug-likeness (QED) is 0.829. The highest BCUT2D eigenvalue weighted by molar-refractivity contribution is 5.77. The fourth-order valence-corrected chi connectivity index (χ4v) is 3.11. The molecule has 2 aliphatic rings. The van der Waals surface area contributed by atoms with Crippen LogP contribution in [0.2, 0.25) is 0 Å². The summed E-state index contributed by atoms with van der Waals surface area (Å²) in [5.74, 6) is 1.93. The Morgan fingerprint density at radius 2 is 1.95 bits per heavy atom. The fourth-order valence-electron chi connectivity index (χ4n) is 3.11. The molecule has 1 aliphatic carbocycles. The van der Waals surface area contributed by atoms with E-state index in [1.165, 1.54) is 25.7 Å². The van der Waals surface area contributed by atoms with Gasteiger partial charge in [-0.2, -0.15) is 0 Å². The Hall–Kier alpha value is -1.58. The maximum absolute atomic E-state index is 12.0. The van der Waals surface area contributed by atoms with Crippen LogP contribution in [0.15, 0.2) is 24.5 Å². The van der Waals surface area contributed by atoms with Crippen LogP contribution in [-0.4, -0.2) is 35.0 Å². The van der Waals surface area contributed by atoms with Gasteiger partial charge in [0, 0.05) is 18.8 Å². The topological polar surface area (TPSA) is 42.4 Å². The SMILES string of the molecule is O=C(CCC1CCCC1)N1CC(Oc2ccncc2)C1. The van der Waals surface area contributed by atoms with Crippen molar-refractivity contribution in [2.45, 2.75) is 44.6 Å². The molecule has 0 spiro atoms. The van der Waals surface area contributed by atoms with Crippen molar-refractivity contribution in [3.8, 4) is 5.75 Å². The van der Waals surface area contributed by atoms with E-state index in [9.17, 15) is 4.79 Å². The Bertz CT molecular complexity index is 437. The second kappa shape index (κ2) is 6.25. The number of pyridine rings is 1. The Morgan fingerprint density at radius 3 is 2.65 bits per heavy atom. The molecule has 0 aromatic carbocycles. The molecule has 0 unspecified atom stereocenters. The molecule has 0 radical (unpaired) electrons. The summed E-state index contributed by atoms with van der Waals surface area (Å²) < 4.78 is 5.77. The highest BCUT2D eigenvalue weighted by Gasteiger charge is 2.32. The zero-order valence-corrected chi connectivity index (χ0v) is 11.8. The summed E-state index contributed by atoms with van der Waals surface area (Å²) in [6.07, 6.45) is 10.7. The third kappa shape index (κ3) is 3.30. The average Bonchev–Trinajstić information content (AvgIpc) is 2.94. The van der Waals surface area contributed by atoms with E-state index in [2.05, 4.69) is 4.98 Å². The van der Waals surface area contributed by atoms with E-state index in [0.717, 1.165) is 31.2 Å². The van der Waals surface area contributed by atoms with Gasteiger partial charge in [0.1, 0.15) is 11.9 Å². The van der Waals surface area contributed by atoms with Gasteiger partial charge >= 0.3 is 0 Å². The van der Waals surface area contributed by atoms with Gasteiger partial charge in [-0.05, 0) is 24.5 Å². The largest absolute Gasteiger partial charge is 0.487 e. The van der Waals surface area contributed by atoms with Gasteiger partial charge < -0.3 is 9.64 Å². The van der Waals surface area contributed by atoms with Crippen LogP contribution in [0, 0.1) is 5.92 Å². The predicted molar refractivity (Wildman–Crippen MR) is 76.4 cm³/mol. The van der Waals surface area contributed by atoms with Crippen LogP contribution in [0.5, 0.6) is 5.75 Å². The summed E-state index contributed by atoms with van der Waals surface area (Å²) in [4.78, 5) is 17.9. The van der Waals surface area contributed by atoms with Crippen LogP contribution in [0.4, 0.5) is 0 Å². The van der Waals surface area contributed by atoms with Crippen LogP contribution in [0.25, 0.3) is 0 Å². The van der Waals surface area contributed by atoms with Gasteiger partial charge in [-0.15, -0.1) is 0 Å². The number of nitrogens with zero attached hydrogens (tertiary/aromatic N) is 2. The summed E-state index contributed by atoms with van der Waals surface area (Å²) in [5, 5.41) is 0. The van der Waals surface area contributed by atoms with Gasteiger partial charge in [-0.25, -0.2) is 0 Å². The third-order valence-electron chi connectivity index (χ3n) is 4.39. The second-order valence-electron chi connectivity index (χ2n) is 5.91. The molecule has 1 saturated carbocycles. The molecule has 0 bridgehead atoms. The number of hydrogen-bond donors (Lipinski definition) is 0. The molecule has 1 aromatic rings. The lowest BCUT2D eigenvalue weighted by Crippen LogP contribution is -2.56. The lowest BCUT2D eigenvalue weighted by molar-refractivity contribution is -0.140. The van der Waals surface area contributed by atoms with Crippen molar-refractivity contribution in [1.29, 1.82) is 0 Å². The molecule has 1 amide bonds. The molecule has 4 heteroatoms. The molecule has 0 atom stereocenters. The zero-order chi connectivity index (χ0) is 13.8. The normalized spacial score (nSPS) is 19.9. The molecule has 1 saturated heterocycles. The van der Waals surface area contributed by atoms with E-state index in [0.29, 0.717) is 12.3 Å². The molecule has 2 heterocycles. The van der Waals surface area contributed by atoms with Gasteiger partial charge in [0.15, 0.2) is 0 Å². The molecular formula is C16H22N2O2. The minimum atomic E-state index is 0.146. The van der Waals surface area contributed by atoms with Crippen molar-refractivity contribution < 1.29 is 9.53 Å². The van der Waals surface area contributed by atoms with Crippen LogP contribution < -0.4 is 4.74 Å². The minimum absolute atomic E-state index is 0.146. The van der Waals surface area contributed by atoms with Crippen molar-refractivity contribution in [1.82, 2.24) is 9.88 Å². The number of likely N-dealkylation sites (tertiary alicyclic amines) is 1. The zero-order valence-electron chi connectivity index (χ0n) is 11.8. The Balaban J connectivity index is 1.35. The molecular weight excluding hydrogens is 252 g/mol. The van der Waals surface area contributed by atoms with Gasteiger partial charge in [-0.3, -0.25) is 9.78 Å². The lowest BCUT2D eigenvalue weighted by Gasteiger charge is -2.39. The van der Waals surface area contributed by atoms with Crippen LogP contribution in [-0.2, 0) is 4.79 Å². The van der Waals surface area contributed by atoms with E-state index in [1.54, 1.807) is 12.4 Å². The van der Waals surface area contributed by atoms with Crippen molar-refractivity contribution in [3.63, 3.8) is 0 Å². The van der Waals surface area contributed by atoms with Crippen molar-refractivity contribution in [2.75, 3.05) is 13.1 Å². The first-order valence-corrected chi connectivity index (χ1v) is 7.66. The number of rotatable bonds is 5. The average molecular weight is 274 g/mol. The third-order valence-corrected chi connectivity index (χ3v) is 4.39. The number of ether oxygens (including phenoxy) is 1. The van der Waals surface area contributed by atoms with E-state index >= 15 is 0 Å². The first kappa shape index (κ1) is 13.4. The molecule has 108 valence electrons. The summed E-state index contributed by atoms with van der Waals surface area (Å²) in [6.45, 7) is 1.46. The predicted octanol–water partition coefficient (Wildman–Crippen LogP) is 2.64. The molecule has 1 aliphatic heterocycles. The van der Waals surface area contributed by atoms with Crippen molar-refractivity contribution in [3.05, 3.63) is 24.5 Å². The first-order valence-electron chi connectivity index (χ1n) is 7.66. The lowest BCUT2D eigenvalue weighted by atomic mass is 10.0. The Labute approximate surface area is 120 Å². The highest BCUT2D eigenvalue weighted by Crippen LogP contribution is 2.29. The van der Waals surface area contributed by atoms with E-state index in [-0.39, 0.29) is 6.10 Å². The molecule has 20 heavy (non-hydrogen) atoms. The fraction of sp³-hybridized carbons (Fsp3) is 0.625. The summed E-state index contributed by atoms with van der Waals surface area (Å²) in [5.41, 5.74) is 0. The number of carbonyl (C=O) groups excluding carboxylic acids is 1. The molecule has 1 aromatic heterocycles. The van der Waals surface area contributed by atoms with Crippen molar-refractivity contribution in [2.24, 2.45) is 5.92 Å². The summed E-state index contributed by atoms with van der Waals surface area (Å²) >= 11 is 0. The van der Waals surface area contributed by atoms with Crippen LogP contribution >= 0.6 is 0 Å². The number of aromatic nitrogens is 1. The van der Waals surface area contributed by atoms with E-state index in [1.807, 2.05) is 17.0 Å². The maximum atomic E-state index is 12.0. The number of hydrogen-bond acceptors (Lipinski definition) is 3. The minimum Gasteiger partial charge on any atom is -0.487 e. The van der Waals surface area contributed by atoms with Gasteiger partial charge in [-0.1, -0.05) is 25.7 Å². The number of amides is 1. The highest BCUT2D eigenvalue weighted by atomic mass is 16.5. The monoisotopic (exact) mass is 274 g/mol. The standard InChI is InChI=1S/C16H22N2O2/c19-16(6-5-13-3-1-2-4-13)18-11-15(12-18)20-14-7-9-17-10-8-14/h7-10,13,15H,1-6,11-12H2.